The van der Waals surface area contributed by atoms with Gasteiger partial charge in [0.05, 0.1) is 5.69 Å². The van der Waals surface area contributed by atoms with Crippen molar-refractivity contribution in [2.75, 3.05) is 18.0 Å². The molecule has 1 aromatic heterocycles. The van der Waals surface area contributed by atoms with E-state index in [-0.39, 0.29) is 0 Å². The molecule has 1 aromatic rings. The zero-order valence-electron chi connectivity index (χ0n) is 7.75. The van der Waals surface area contributed by atoms with Gasteiger partial charge in [-0.15, -0.1) is 0 Å². The summed E-state index contributed by atoms with van der Waals surface area (Å²) in [7, 11) is 0. The van der Waals surface area contributed by atoms with Crippen LogP contribution in [0.2, 0.25) is 0 Å². The highest BCUT2D eigenvalue weighted by atomic mass is 15.3. The molecule has 2 rings (SSSR count). The van der Waals surface area contributed by atoms with Crippen LogP contribution in [-0.4, -0.2) is 22.6 Å². The minimum atomic E-state index is 1.07. The van der Waals surface area contributed by atoms with Crippen LogP contribution < -0.4 is 4.90 Å². The number of aromatic nitrogens is 2. The monoisotopic (exact) mass is 165 g/mol. The van der Waals surface area contributed by atoms with Gasteiger partial charge < -0.3 is 9.47 Å². The van der Waals surface area contributed by atoms with Gasteiger partial charge in [0, 0.05) is 25.8 Å². The van der Waals surface area contributed by atoms with Gasteiger partial charge in [-0.2, -0.15) is 0 Å². The minimum Gasteiger partial charge on any atom is -0.342 e. The van der Waals surface area contributed by atoms with Gasteiger partial charge in [-0.25, -0.2) is 4.98 Å². The average molecular weight is 165 g/mol. The molecule has 0 fully saturated rings. The van der Waals surface area contributed by atoms with Crippen LogP contribution in [0.3, 0.4) is 0 Å². The molecule has 0 aliphatic carbocycles. The van der Waals surface area contributed by atoms with Crippen LogP contribution in [0, 0.1) is 6.92 Å². The highest BCUT2D eigenvalue weighted by Gasteiger charge is 2.16. The van der Waals surface area contributed by atoms with Crippen molar-refractivity contribution in [3.8, 4) is 0 Å². The van der Waals surface area contributed by atoms with Crippen molar-refractivity contribution in [3.63, 3.8) is 0 Å². The van der Waals surface area contributed by atoms with Crippen molar-refractivity contribution < 1.29 is 0 Å². The summed E-state index contributed by atoms with van der Waals surface area (Å²) >= 11 is 0. The van der Waals surface area contributed by atoms with E-state index in [4.69, 9.17) is 0 Å². The summed E-state index contributed by atoms with van der Waals surface area (Å²) in [5.41, 5.74) is 1.13. The fraction of sp³-hybridized carbons (Fsp3) is 0.667. The lowest BCUT2D eigenvalue weighted by molar-refractivity contribution is 0.563. The van der Waals surface area contributed by atoms with Crippen molar-refractivity contribution >= 4 is 5.95 Å². The van der Waals surface area contributed by atoms with Crippen LogP contribution in [0.4, 0.5) is 5.95 Å². The molecular weight excluding hydrogens is 150 g/mol. The molecule has 0 unspecified atom stereocenters. The van der Waals surface area contributed by atoms with Gasteiger partial charge in [0.1, 0.15) is 0 Å². The standard InChI is InChI=1S/C9H15N3/c1-3-11-5-4-6-12-7-8(2)10-9(11)12/h7H,3-6H2,1-2H3. The van der Waals surface area contributed by atoms with E-state index >= 15 is 0 Å². The van der Waals surface area contributed by atoms with Gasteiger partial charge in [0.15, 0.2) is 0 Å². The zero-order chi connectivity index (χ0) is 8.55. The number of aryl methyl sites for hydroxylation is 2. The Hall–Kier alpha value is -0.990. The SMILES string of the molecule is CCN1CCCn2cc(C)nc21. The molecule has 3 nitrogen and oxygen atoms in total. The number of hydrogen-bond donors (Lipinski definition) is 0. The summed E-state index contributed by atoms with van der Waals surface area (Å²) in [6.07, 6.45) is 3.38. The van der Waals surface area contributed by atoms with Crippen molar-refractivity contribution in [1.29, 1.82) is 0 Å². The van der Waals surface area contributed by atoms with Gasteiger partial charge in [-0.3, -0.25) is 0 Å². The molecule has 0 saturated heterocycles. The Kier molecular flexibility index (Phi) is 1.79. The lowest BCUT2D eigenvalue weighted by atomic mass is 10.3. The molecule has 0 saturated carbocycles. The van der Waals surface area contributed by atoms with E-state index in [1.165, 1.54) is 6.42 Å². The summed E-state index contributed by atoms with van der Waals surface area (Å²) in [4.78, 5) is 6.82. The van der Waals surface area contributed by atoms with E-state index in [1.807, 2.05) is 0 Å². The van der Waals surface area contributed by atoms with E-state index < -0.39 is 0 Å². The van der Waals surface area contributed by atoms with E-state index in [0.29, 0.717) is 0 Å². The van der Waals surface area contributed by atoms with Crippen molar-refractivity contribution in [2.24, 2.45) is 0 Å². The van der Waals surface area contributed by atoms with Crippen molar-refractivity contribution in [2.45, 2.75) is 26.8 Å². The molecule has 0 aromatic carbocycles. The van der Waals surface area contributed by atoms with Crippen LogP contribution in [0.1, 0.15) is 19.0 Å². The van der Waals surface area contributed by atoms with Crippen LogP contribution in [0.5, 0.6) is 0 Å². The summed E-state index contributed by atoms with van der Waals surface area (Å²) in [6, 6.07) is 0. The van der Waals surface area contributed by atoms with Crippen LogP contribution in [0.25, 0.3) is 0 Å². The molecular formula is C9H15N3. The topological polar surface area (TPSA) is 21.1 Å². The predicted molar refractivity (Wildman–Crippen MR) is 49.5 cm³/mol. The molecule has 1 aliphatic rings. The van der Waals surface area contributed by atoms with Gasteiger partial charge in [0.2, 0.25) is 5.95 Å². The Morgan fingerprint density at radius 2 is 2.33 bits per heavy atom. The number of imidazole rings is 1. The number of rotatable bonds is 1. The molecule has 0 N–H and O–H groups in total. The fourth-order valence-electron chi connectivity index (χ4n) is 1.78. The highest BCUT2D eigenvalue weighted by molar-refractivity contribution is 5.34. The Balaban J connectivity index is 2.36. The molecule has 66 valence electrons. The normalized spacial score (nSPS) is 16.3. The first-order valence-electron chi connectivity index (χ1n) is 4.60. The van der Waals surface area contributed by atoms with E-state index in [1.54, 1.807) is 0 Å². The molecule has 3 heteroatoms. The molecule has 0 radical (unpaired) electrons. The Labute approximate surface area is 73.0 Å². The van der Waals surface area contributed by atoms with Gasteiger partial charge in [-0.05, 0) is 20.3 Å². The van der Waals surface area contributed by atoms with Crippen LogP contribution in [-0.2, 0) is 6.54 Å². The van der Waals surface area contributed by atoms with Gasteiger partial charge in [0.25, 0.3) is 0 Å². The highest BCUT2D eigenvalue weighted by Crippen LogP contribution is 2.19. The van der Waals surface area contributed by atoms with Gasteiger partial charge in [-0.1, -0.05) is 0 Å². The third-order valence-corrected chi connectivity index (χ3v) is 2.37. The maximum absolute atomic E-state index is 4.49. The predicted octanol–water partition coefficient (Wildman–Crippen LogP) is 1.42. The Morgan fingerprint density at radius 3 is 3.08 bits per heavy atom. The third-order valence-electron chi connectivity index (χ3n) is 2.37. The maximum Gasteiger partial charge on any atom is 0.205 e. The summed E-state index contributed by atoms with van der Waals surface area (Å²) in [5.74, 6) is 1.15. The average Bonchev–Trinajstić information content (AvgIpc) is 2.44. The molecule has 0 spiro atoms. The third kappa shape index (κ3) is 1.09. The first kappa shape index (κ1) is 7.65. The van der Waals surface area contributed by atoms with Crippen LogP contribution in [0.15, 0.2) is 6.20 Å². The first-order valence-corrected chi connectivity index (χ1v) is 4.60. The zero-order valence-corrected chi connectivity index (χ0v) is 7.75. The second-order valence-electron chi connectivity index (χ2n) is 3.31. The molecule has 0 atom stereocenters. The number of fused-ring (bicyclic) bond motifs is 1. The maximum atomic E-state index is 4.49. The molecule has 2 heterocycles. The number of anilines is 1. The second kappa shape index (κ2) is 2.81. The lowest BCUT2D eigenvalue weighted by Gasteiger charge is -2.27. The summed E-state index contributed by atoms with van der Waals surface area (Å²) in [5, 5.41) is 0. The van der Waals surface area contributed by atoms with E-state index in [9.17, 15) is 0 Å². The summed E-state index contributed by atoms with van der Waals surface area (Å²) < 4.78 is 2.25. The number of hydrogen-bond acceptors (Lipinski definition) is 2. The van der Waals surface area contributed by atoms with Crippen molar-refractivity contribution in [1.82, 2.24) is 9.55 Å². The Bertz CT molecular complexity index is 277. The molecule has 0 amide bonds. The van der Waals surface area contributed by atoms with E-state index in [0.717, 1.165) is 31.3 Å². The molecule has 0 bridgehead atoms. The number of nitrogens with zero attached hydrogens (tertiary/aromatic N) is 3. The quantitative estimate of drug-likeness (QED) is 0.627. The van der Waals surface area contributed by atoms with Gasteiger partial charge >= 0.3 is 0 Å². The van der Waals surface area contributed by atoms with Crippen molar-refractivity contribution in [3.05, 3.63) is 11.9 Å². The Morgan fingerprint density at radius 1 is 1.50 bits per heavy atom. The fourth-order valence-corrected chi connectivity index (χ4v) is 1.78. The molecule has 12 heavy (non-hydrogen) atoms. The van der Waals surface area contributed by atoms with Crippen LogP contribution >= 0.6 is 0 Å². The lowest BCUT2D eigenvalue weighted by Crippen LogP contribution is -2.31. The largest absolute Gasteiger partial charge is 0.342 e. The summed E-state index contributed by atoms with van der Waals surface area (Å²) in [6.45, 7) is 7.59. The molecule has 1 aliphatic heterocycles. The smallest absolute Gasteiger partial charge is 0.205 e. The first-order chi connectivity index (χ1) is 5.81. The minimum absolute atomic E-state index is 1.07. The van der Waals surface area contributed by atoms with E-state index in [2.05, 4.69) is 34.5 Å². The second-order valence-corrected chi connectivity index (χ2v) is 3.31.